The molecule has 0 saturated heterocycles. The van der Waals surface area contributed by atoms with Gasteiger partial charge in [0.25, 0.3) is 0 Å². The van der Waals surface area contributed by atoms with Crippen LogP contribution >= 0.6 is 0 Å². The van der Waals surface area contributed by atoms with Gasteiger partial charge in [-0.15, -0.1) is 10.2 Å². The Morgan fingerprint density at radius 3 is 2.82 bits per heavy atom. The number of nitrogens with zero attached hydrogens (tertiary/aromatic N) is 3. The first kappa shape index (κ1) is 7.71. The van der Waals surface area contributed by atoms with E-state index in [1.54, 1.807) is 18.5 Å². The summed E-state index contributed by atoms with van der Waals surface area (Å²) in [7, 11) is 1.72. The highest BCUT2D eigenvalue weighted by atomic mass is 16.4. The van der Waals surface area contributed by atoms with Gasteiger partial charge < -0.3 is 9.67 Å². The summed E-state index contributed by atoms with van der Waals surface area (Å²) in [6.07, 6.45) is 1.48. The van der Waals surface area contributed by atoms with Crippen LogP contribution in [0.4, 0.5) is 0 Å². The molecule has 1 aromatic heterocycles. The molecule has 0 amide bonds. The maximum atomic E-state index is 10.5. The molecule has 1 N–H and O–H groups in total. The van der Waals surface area contributed by atoms with E-state index < -0.39 is 11.9 Å². The van der Waals surface area contributed by atoms with Crippen LogP contribution < -0.4 is 0 Å². The minimum atomic E-state index is -0.888. The molecule has 5 heteroatoms. The van der Waals surface area contributed by atoms with Gasteiger partial charge in [0.1, 0.15) is 18.1 Å². The molecule has 0 bridgehead atoms. The van der Waals surface area contributed by atoms with Crippen LogP contribution in [0.25, 0.3) is 0 Å². The fourth-order valence-electron chi connectivity index (χ4n) is 0.795. The van der Waals surface area contributed by atoms with E-state index in [-0.39, 0.29) is 0 Å². The Morgan fingerprint density at radius 2 is 2.45 bits per heavy atom. The van der Waals surface area contributed by atoms with Gasteiger partial charge in [-0.25, -0.2) is 0 Å². The van der Waals surface area contributed by atoms with Gasteiger partial charge in [-0.1, -0.05) is 0 Å². The molecular formula is C6H9N3O2. The van der Waals surface area contributed by atoms with Crippen LogP contribution in [-0.2, 0) is 11.8 Å². The van der Waals surface area contributed by atoms with Gasteiger partial charge in [0.2, 0.25) is 0 Å². The zero-order chi connectivity index (χ0) is 8.43. The summed E-state index contributed by atoms with van der Waals surface area (Å²) in [5.74, 6) is -1.01. The molecule has 0 fully saturated rings. The van der Waals surface area contributed by atoms with Crippen molar-refractivity contribution in [2.24, 2.45) is 7.05 Å². The van der Waals surface area contributed by atoms with Crippen molar-refractivity contribution in [1.82, 2.24) is 14.8 Å². The summed E-state index contributed by atoms with van der Waals surface area (Å²) < 4.78 is 1.60. The number of aryl methyl sites for hydroxylation is 1. The number of hydrogen-bond acceptors (Lipinski definition) is 3. The van der Waals surface area contributed by atoms with Gasteiger partial charge in [-0.3, -0.25) is 4.79 Å². The number of hydrogen-bond donors (Lipinski definition) is 1. The number of aliphatic carboxylic acids is 1. The molecule has 0 spiro atoms. The number of rotatable bonds is 2. The molecule has 1 atom stereocenters. The monoisotopic (exact) mass is 155 g/mol. The van der Waals surface area contributed by atoms with Crippen LogP contribution in [0.2, 0.25) is 0 Å². The first-order valence-corrected chi connectivity index (χ1v) is 3.19. The molecule has 0 saturated carbocycles. The van der Waals surface area contributed by atoms with Gasteiger partial charge in [-0.2, -0.15) is 0 Å². The van der Waals surface area contributed by atoms with E-state index in [4.69, 9.17) is 5.11 Å². The summed E-state index contributed by atoms with van der Waals surface area (Å²) in [6.45, 7) is 1.58. The highest BCUT2D eigenvalue weighted by Crippen LogP contribution is 2.09. The average molecular weight is 155 g/mol. The quantitative estimate of drug-likeness (QED) is 0.652. The molecule has 0 radical (unpaired) electrons. The molecule has 60 valence electrons. The van der Waals surface area contributed by atoms with Gasteiger partial charge in [0.05, 0.1) is 0 Å². The smallest absolute Gasteiger partial charge is 0.313 e. The fraction of sp³-hybridized carbons (Fsp3) is 0.500. The lowest BCUT2D eigenvalue weighted by Crippen LogP contribution is -2.12. The molecular weight excluding hydrogens is 146 g/mol. The molecule has 11 heavy (non-hydrogen) atoms. The third-order valence-corrected chi connectivity index (χ3v) is 1.50. The zero-order valence-electron chi connectivity index (χ0n) is 6.35. The predicted molar refractivity (Wildman–Crippen MR) is 37.1 cm³/mol. The van der Waals surface area contributed by atoms with Gasteiger partial charge in [0.15, 0.2) is 0 Å². The van der Waals surface area contributed by atoms with Gasteiger partial charge >= 0.3 is 5.97 Å². The fourth-order valence-corrected chi connectivity index (χ4v) is 0.795. The Bertz CT molecular complexity index is 269. The van der Waals surface area contributed by atoms with E-state index in [1.807, 2.05) is 0 Å². The molecule has 0 aliphatic carbocycles. The second kappa shape index (κ2) is 2.69. The Balaban J connectivity index is 2.92. The van der Waals surface area contributed by atoms with E-state index in [0.717, 1.165) is 0 Å². The third kappa shape index (κ3) is 1.36. The lowest BCUT2D eigenvalue weighted by molar-refractivity contribution is -0.138. The van der Waals surface area contributed by atoms with Crippen LogP contribution in [0.1, 0.15) is 18.7 Å². The van der Waals surface area contributed by atoms with Crippen molar-refractivity contribution < 1.29 is 9.90 Å². The summed E-state index contributed by atoms with van der Waals surface area (Å²) in [5.41, 5.74) is 0. The van der Waals surface area contributed by atoms with Crippen molar-refractivity contribution in [3.05, 3.63) is 12.2 Å². The van der Waals surface area contributed by atoms with Crippen molar-refractivity contribution in [2.75, 3.05) is 0 Å². The van der Waals surface area contributed by atoms with E-state index in [1.165, 1.54) is 6.33 Å². The molecule has 1 unspecified atom stereocenters. The molecule has 0 aliphatic rings. The molecule has 0 aliphatic heterocycles. The van der Waals surface area contributed by atoms with E-state index in [0.29, 0.717) is 5.82 Å². The van der Waals surface area contributed by atoms with E-state index in [9.17, 15) is 4.79 Å². The van der Waals surface area contributed by atoms with Crippen LogP contribution in [0.15, 0.2) is 6.33 Å². The Labute approximate surface area is 63.7 Å². The highest BCUT2D eigenvalue weighted by molar-refractivity contribution is 5.74. The van der Waals surface area contributed by atoms with Crippen molar-refractivity contribution in [3.63, 3.8) is 0 Å². The topological polar surface area (TPSA) is 68.0 Å². The zero-order valence-corrected chi connectivity index (χ0v) is 6.35. The second-order valence-electron chi connectivity index (χ2n) is 2.36. The minimum Gasteiger partial charge on any atom is -0.481 e. The molecule has 1 rings (SSSR count). The highest BCUT2D eigenvalue weighted by Gasteiger charge is 2.17. The maximum Gasteiger partial charge on any atom is 0.313 e. The van der Waals surface area contributed by atoms with Crippen molar-refractivity contribution in [3.8, 4) is 0 Å². The van der Waals surface area contributed by atoms with E-state index >= 15 is 0 Å². The van der Waals surface area contributed by atoms with Crippen molar-refractivity contribution >= 4 is 5.97 Å². The van der Waals surface area contributed by atoms with Crippen LogP contribution in [0.5, 0.6) is 0 Å². The number of carboxylic acid groups (broad SMARTS) is 1. The summed E-state index contributed by atoms with van der Waals surface area (Å²) >= 11 is 0. The first-order valence-electron chi connectivity index (χ1n) is 3.19. The lowest BCUT2D eigenvalue weighted by atomic mass is 10.2. The maximum absolute atomic E-state index is 10.5. The first-order chi connectivity index (χ1) is 5.13. The van der Waals surface area contributed by atoms with Gasteiger partial charge in [-0.05, 0) is 6.92 Å². The van der Waals surface area contributed by atoms with Crippen LogP contribution in [0, 0.1) is 0 Å². The van der Waals surface area contributed by atoms with Crippen LogP contribution in [-0.4, -0.2) is 25.8 Å². The van der Waals surface area contributed by atoms with Crippen LogP contribution in [0.3, 0.4) is 0 Å². The third-order valence-electron chi connectivity index (χ3n) is 1.50. The lowest BCUT2D eigenvalue weighted by Gasteiger charge is -2.03. The second-order valence-corrected chi connectivity index (χ2v) is 2.36. The Hall–Kier alpha value is -1.39. The minimum absolute atomic E-state index is 0.470. The molecule has 5 nitrogen and oxygen atoms in total. The molecule has 1 aromatic rings. The molecule has 0 aromatic carbocycles. The average Bonchev–Trinajstić information content (AvgIpc) is 2.33. The van der Waals surface area contributed by atoms with Gasteiger partial charge in [0, 0.05) is 7.05 Å². The standard InChI is InChI=1S/C6H9N3O2/c1-4(6(10)11)5-8-7-3-9(5)2/h3-4H,1-2H3,(H,10,11). The Morgan fingerprint density at radius 1 is 1.82 bits per heavy atom. The number of aromatic nitrogens is 3. The summed E-state index contributed by atoms with van der Waals surface area (Å²) in [6, 6.07) is 0. The SMILES string of the molecule is CC(C(=O)O)c1nncn1C. The summed E-state index contributed by atoms with van der Waals surface area (Å²) in [4.78, 5) is 10.5. The number of carbonyl (C=O) groups is 1. The number of carboxylic acids is 1. The van der Waals surface area contributed by atoms with E-state index in [2.05, 4.69) is 10.2 Å². The Kier molecular flexibility index (Phi) is 1.89. The summed E-state index contributed by atoms with van der Waals surface area (Å²) in [5, 5.41) is 15.8. The van der Waals surface area contributed by atoms with Crippen molar-refractivity contribution in [1.29, 1.82) is 0 Å². The van der Waals surface area contributed by atoms with Crippen molar-refractivity contribution in [2.45, 2.75) is 12.8 Å². The molecule has 1 heterocycles. The largest absolute Gasteiger partial charge is 0.481 e. The predicted octanol–water partition coefficient (Wildman–Crippen LogP) is 0.00320. The normalized spacial score (nSPS) is 12.9.